The van der Waals surface area contributed by atoms with E-state index >= 15 is 0 Å². The summed E-state index contributed by atoms with van der Waals surface area (Å²) in [5, 5.41) is 2.98. The summed E-state index contributed by atoms with van der Waals surface area (Å²) < 4.78 is 1.04. The molecule has 1 aliphatic heterocycles. The van der Waals surface area contributed by atoms with E-state index in [0.717, 1.165) is 38.6 Å². The second-order valence-corrected chi connectivity index (χ2v) is 6.85. The summed E-state index contributed by atoms with van der Waals surface area (Å²) in [7, 11) is 0. The van der Waals surface area contributed by atoms with Gasteiger partial charge in [0, 0.05) is 27.4 Å². The van der Waals surface area contributed by atoms with Crippen LogP contribution in [0.25, 0.3) is 0 Å². The molecule has 5 heteroatoms. The number of fused-ring (bicyclic) bond motifs is 1. The number of urea groups is 1. The van der Waals surface area contributed by atoms with Crippen LogP contribution in [-0.2, 0) is 0 Å². The number of nitrogens with one attached hydrogen (secondary N) is 1. The van der Waals surface area contributed by atoms with Crippen molar-refractivity contribution < 1.29 is 4.79 Å². The van der Waals surface area contributed by atoms with Gasteiger partial charge in [0.05, 0.1) is 5.69 Å². The SMILES string of the molecule is Cc1cc(NC(=O)N2CCSc3ccccc32)ccc1Br. The minimum atomic E-state index is -0.0792. The maximum absolute atomic E-state index is 12.5. The Morgan fingerprint density at radius 2 is 2.10 bits per heavy atom. The van der Waals surface area contributed by atoms with Crippen molar-refractivity contribution in [1.82, 2.24) is 0 Å². The first-order valence-corrected chi connectivity index (χ1v) is 8.49. The monoisotopic (exact) mass is 362 g/mol. The molecule has 0 fully saturated rings. The van der Waals surface area contributed by atoms with Gasteiger partial charge in [-0.1, -0.05) is 28.1 Å². The largest absolute Gasteiger partial charge is 0.326 e. The van der Waals surface area contributed by atoms with Crippen LogP contribution in [0.3, 0.4) is 0 Å². The first kappa shape index (κ1) is 14.5. The molecular formula is C16H15BrN2OS. The summed E-state index contributed by atoms with van der Waals surface area (Å²) >= 11 is 5.26. The Morgan fingerprint density at radius 3 is 2.90 bits per heavy atom. The van der Waals surface area contributed by atoms with Crippen LogP contribution in [0.5, 0.6) is 0 Å². The van der Waals surface area contributed by atoms with Crippen molar-refractivity contribution >= 4 is 45.1 Å². The first-order valence-electron chi connectivity index (χ1n) is 6.71. The van der Waals surface area contributed by atoms with Crippen LogP contribution in [-0.4, -0.2) is 18.3 Å². The van der Waals surface area contributed by atoms with Crippen LogP contribution >= 0.6 is 27.7 Å². The highest BCUT2D eigenvalue weighted by molar-refractivity contribution is 9.10. The lowest BCUT2D eigenvalue weighted by molar-refractivity contribution is 0.257. The number of anilines is 2. The summed E-state index contributed by atoms with van der Waals surface area (Å²) in [6.07, 6.45) is 0. The molecule has 0 unspecified atom stereocenters. The van der Waals surface area contributed by atoms with Gasteiger partial charge in [-0.05, 0) is 42.8 Å². The average molecular weight is 363 g/mol. The lowest BCUT2D eigenvalue weighted by Crippen LogP contribution is -2.38. The van der Waals surface area contributed by atoms with E-state index in [1.54, 1.807) is 11.8 Å². The molecule has 0 radical (unpaired) electrons. The third-order valence-electron chi connectivity index (χ3n) is 3.38. The minimum Gasteiger partial charge on any atom is -0.308 e. The quantitative estimate of drug-likeness (QED) is 0.782. The zero-order valence-corrected chi connectivity index (χ0v) is 14.0. The van der Waals surface area contributed by atoms with Crippen LogP contribution in [0.4, 0.5) is 16.2 Å². The number of hydrogen-bond acceptors (Lipinski definition) is 2. The number of amides is 2. The fourth-order valence-electron chi connectivity index (χ4n) is 2.29. The third-order valence-corrected chi connectivity index (χ3v) is 5.32. The molecule has 21 heavy (non-hydrogen) atoms. The lowest BCUT2D eigenvalue weighted by Gasteiger charge is -2.29. The predicted octanol–water partition coefficient (Wildman–Crippen LogP) is 4.90. The average Bonchev–Trinajstić information content (AvgIpc) is 2.50. The summed E-state index contributed by atoms with van der Waals surface area (Å²) in [6, 6.07) is 13.8. The van der Waals surface area contributed by atoms with Crippen LogP contribution in [0.1, 0.15) is 5.56 Å². The minimum absolute atomic E-state index is 0.0792. The maximum Gasteiger partial charge on any atom is 0.326 e. The van der Waals surface area contributed by atoms with Gasteiger partial charge in [0.2, 0.25) is 0 Å². The van der Waals surface area contributed by atoms with E-state index in [-0.39, 0.29) is 6.03 Å². The third kappa shape index (κ3) is 3.09. The number of carbonyl (C=O) groups excluding carboxylic acids is 1. The summed E-state index contributed by atoms with van der Waals surface area (Å²) in [5.74, 6) is 0.920. The van der Waals surface area contributed by atoms with Crippen molar-refractivity contribution in [1.29, 1.82) is 0 Å². The molecule has 3 rings (SSSR count). The Morgan fingerprint density at radius 1 is 1.29 bits per heavy atom. The number of thioether (sulfide) groups is 1. The number of benzene rings is 2. The maximum atomic E-state index is 12.5. The Bertz CT molecular complexity index is 690. The van der Waals surface area contributed by atoms with Gasteiger partial charge in [-0.15, -0.1) is 11.8 Å². The Balaban J connectivity index is 1.81. The Kier molecular flexibility index (Phi) is 4.22. The normalized spacial score (nSPS) is 13.7. The van der Waals surface area contributed by atoms with Gasteiger partial charge in [-0.2, -0.15) is 0 Å². The predicted molar refractivity (Wildman–Crippen MR) is 92.4 cm³/mol. The summed E-state index contributed by atoms with van der Waals surface area (Å²) in [5.41, 5.74) is 2.90. The molecule has 0 atom stereocenters. The van der Waals surface area contributed by atoms with Gasteiger partial charge in [-0.25, -0.2) is 4.79 Å². The van der Waals surface area contributed by atoms with E-state index in [0.29, 0.717) is 0 Å². The van der Waals surface area contributed by atoms with Gasteiger partial charge in [-0.3, -0.25) is 4.90 Å². The number of carbonyl (C=O) groups is 1. The molecule has 2 amide bonds. The second kappa shape index (κ2) is 6.12. The van der Waals surface area contributed by atoms with Gasteiger partial charge < -0.3 is 5.32 Å². The molecule has 108 valence electrons. The van der Waals surface area contributed by atoms with Gasteiger partial charge in [0.15, 0.2) is 0 Å². The van der Waals surface area contributed by atoms with E-state index in [1.165, 1.54) is 0 Å². The zero-order chi connectivity index (χ0) is 14.8. The van der Waals surface area contributed by atoms with Crippen molar-refractivity contribution in [3.63, 3.8) is 0 Å². The molecule has 1 heterocycles. The molecule has 0 aliphatic carbocycles. The molecule has 0 aromatic heterocycles. The molecule has 2 aromatic carbocycles. The van der Waals surface area contributed by atoms with Crippen LogP contribution in [0.2, 0.25) is 0 Å². The molecule has 2 aromatic rings. The van der Waals surface area contributed by atoms with Crippen LogP contribution < -0.4 is 10.2 Å². The van der Waals surface area contributed by atoms with E-state index in [2.05, 4.69) is 27.3 Å². The van der Waals surface area contributed by atoms with Crippen molar-refractivity contribution in [2.24, 2.45) is 0 Å². The van der Waals surface area contributed by atoms with Crippen molar-refractivity contribution in [3.05, 3.63) is 52.5 Å². The van der Waals surface area contributed by atoms with Crippen molar-refractivity contribution in [3.8, 4) is 0 Å². The molecule has 1 N–H and O–H groups in total. The van der Waals surface area contributed by atoms with E-state index in [1.807, 2.05) is 48.2 Å². The standard InChI is InChI=1S/C16H15BrN2OS/c1-11-10-12(6-7-13(11)17)18-16(20)19-8-9-21-15-5-3-2-4-14(15)19/h2-7,10H,8-9H2,1H3,(H,18,20). The molecular weight excluding hydrogens is 348 g/mol. The first-order chi connectivity index (χ1) is 10.1. The van der Waals surface area contributed by atoms with Gasteiger partial charge >= 0.3 is 6.03 Å². The molecule has 0 spiro atoms. The highest BCUT2D eigenvalue weighted by atomic mass is 79.9. The van der Waals surface area contributed by atoms with E-state index in [4.69, 9.17) is 0 Å². The van der Waals surface area contributed by atoms with Crippen LogP contribution in [0.15, 0.2) is 51.8 Å². The Hall–Kier alpha value is -1.46. The topological polar surface area (TPSA) is 32.3 Å². The molecule has 3 nitrogen and oxygen atoms in total. The molecule has 1 aliphatic rings. The van der Waals surface area contributed by atoms with Gasteiger partial charge in [0.25, 0.3) is 0 Å². The highest BCUT2D eigenvalue weighted by Crippen LogP contribution is 2.34. The van der Waals surface area contributed by atoms with Crippen molar-refractivity contribution in [2.45, 2.75) is 11.8 Å². The lowest BCUT2D eigenvalue weighted by atomic mass is 10.2. The fourth-order valence-corrected chi connectivity index (χ4v) is 3.54. The summed E-state index contributed by atoms with van der Waals surface area (Å²) in [6.45, 7) is 2.73. The van der Waals surface area contributed by atoms with Gasteiger partial charge in [0.1, 0.15) is 0 Å². The van der Waals surface area contributed by atoms with E-state index < -0.39 is 0 Å². The van der Waals surface area contributed by atoms with Crippen molar-refractivity contribution in [2.75, 3.05) is 22.5 Å². The molecule has 0 bridgehead atoms. The number of nitrogens with zero attached hydrogens (tertiary/aromatic N) is 1. The number of para-hydroxylation sites is 1. The number of aryl methyl sites for hydroxylation is 1. The smallest absolute Gasteiger partial charge is 0.308 e. The molecule has 0 saturated heterocycles. The number of hydrogen-bond donors (Lipinski definition) is 1. The Labute approximate surface area is 136 Å². The van der Waals surface area contributed by atoms with Crippen LogP contribution in [0, 0.1) is 6.92 Å². The molecule has 0 saturated carbocycles. The number of rotatable bonds is 1. The fraction of sp³-hybridized carbons (Fsp3) is 0.188. The summed E-state index contributed by atoms with van der Waals surface area (Å²) in [4.78, 5) is 15.5. The highest BCUT2D eigenvalue weighted by Gasteiger charge is 2.22. The second-order valence-electron chi connectivity index (χ2n) is 4.86. The van der Waals surface area contributed by atoms with E-state index in [9.17, 15) is 4.79 Å². The number of halogens is 1. The zero-order valence-electron chi connectivity index (χ0n) is 11.6.